The van der Waals surface area contributed by atoms with E-state index in [1.807, 2.05) is 0 Å². The number of hydrogen-bond donors (Lipinski definition) is 2. The Kier molecular flexibility index (Phi) is 4.42. The molecule has 1 aromatic carbocycles. The molecule has 4 aromatic rings. The highest BCUT2D eigenvalue weighted by atomic mass is 19.2. The third-order valence-electron chi connectivity index (χ3n) is 5.78. The van der Waals surface area contributed by atoms with Crippen LogP contribution in [0.15, 0.2) is 24.3 Å². The van der Waals surface area contributed by atoms with Crippen LogP contribution in [0.4, 0.5) is 24.8 Å². The van der Waals surface area contributed by atoms with Gasteiger partial charge in [-0.1, -0.05) is 12.1 Å². The lowest BCUT2D eigenvalue weighted by Crippen LogP contribution is -2.27. The summed E-state index contributed by atoms with van der Waals surface area (Å²) in [5, 5.41) is 7.38. The number of halogens is 3. The number of aromatic nitrogens is 5. The van der Waals surface area contributed by atoms with Gasteiger partial charge in [-0.25, -0.2) is 32.8 Å². The van der Waals surface area contributed by atoms with E-state index in [4.69, 9.17) is 5.73 Å². The van der Waals surface area contributed by atoms with E-state index in [9.17, 15) is 18.0 Å². The van der Waals surface area contributed by atoms with Crippen molar-refractivity contribution in [1.29, 1.82) is 0 Å². The average Bonchev–Trinajstić information content (AvgIpc) is 3.19. The van der Waals surface area contributed by atoms with Gasteiger partial charge in [0.2, 0.25) is 5.91 Å². The Morgan fingerprint density at radius 3 is 2.64 bits per heavy atom. The molecule has 4 heterocycles. The van der Waals surface area contributed by atoms with Crippen LogP contribution >= 0.6 is 0 Å². The van der Waals surface area contributed by atoms with Gasteiger partial charge in [0.15, 0.2) is 23.1 Å². The molecule has 8 nitrogen and oxygen atoms in total. The Morgan fingerprint density at radius 1 is 1.12 bits per heavy atom. The number of fused-ring (bicyclic) bond motifs is 2. The molecular formula is C22H18F3N7O. The summed E-state index contributed by atoms with van der Waals surface area (Å²) in [5.74, 6) is -2.50. The first-order chi connectivity index (χ1) is 15.6. The summed E-state index contributed by atoms with van der Waals surface area (Å²) in [6, 6.07) is 5.05. The van der Waals surface area contributed by atoms with Crippen molar-refractivity contribution < 1.29 is 18.0 Å². The van der Waals surface area contributed by atoms with E-state index in [2.05, 4.69) is 25.4 Å². The smallest absolute Gasteiger partial charge is 0.235 e. The fourth-order valence-corrected chi connectivity index (χ4v) is 3.94. The highest BCUT2D eigenvalue weighted by molar-refractivity contribution is 6.06. The number of carbonyl (C=O) groups is 1. The summed E-state index contributed by atoms with van der Waals surface area (Å²) < 4.78 is 43.7. The zero-order valence-corrected chi connectivity index (χ0v) is 17.9. The molecule has 0 aliphatic carbocycles. The van der Waals surface area contributed by atoms with Gasteiger partial charge in [-0.2, -0.15) is 5.10 Å². The largest absolute Gasteiger partial charge is 0.383 e. The van der Waals surface area contributed by atoms with E-state index in [-0.39, 0.29) is 57.9 Å². The van der Waals surface area contributed by atoms with Crippen LogP contribution in [0.5, 0.6) is 0 Å². The molecule has 3 N–H and O–H groups in total. The Hall–Kier alpha value is -4.02. The van der Waals surface area contributed by atoms with Crippen molar-refractivity contribution in [3.8, 4) is 11.5 Å². The van der Waals surface area contributed by atoms with Crippen LogP contribution in [0.1, 0.15) is 30.7 Å². The van der Waals surface area contributed by atoms with Crippen molar-refractivity contribution in [3.05, 3.63) is 58.5 Å². The Labute approximate surface area is 185 Å². The summed E-state index contributed by atoms with van der Waals surface area (Å²) in [6.07, 6.45) is 0. The third kappa shape index (κ3) is 3.11. The summed E-state index contributed by atoms with van der Waals surface area (Å²) in [5.41, 5.74) is 6.22. The van der Waals surface area contributed by atoms with E-state index in [1.165, 1.54) is 29.8 Å². The van der Waals surface area contributed by atoms with Crippen molar-refractivity contribution in [2.45, 2.75) is 32.7 Å². The molecular weight excluding hydrogens is 435 g/mol. The molecule has 0 saturated heterocycles. The molecule has 1 aliphatic rings. The maximum Gasteiger partial charge on any atom is 0.235 e. The predicted molar refractivity (Wildman–Crippen MR) is 115 cm³/mol. The minimum absolute atomic E-state index is 0.0396. The van der Waals surface area contributed by atoms with Crippen LogP contribution < -0.4 is 11.1 Å². The number of nitrogen functional groups attached to an aromatic ring is 1. The number of anilines is 2. The van der Waals surface area contributed by atoms with Crippen LogP contribution in [-0.4, -0.2) is 30.6 Å². The molecule has 0 spiro atoms. The van der Waals surface area contributed by atoms with E-state index >= 15 is 0 Å². The standard InChI is InChI=1S/C22H18F3N7O/c1-9-13(24)7-11-16(19-28-17(26)14-18(29-19)30-21(33)22(14,2)3)31-32(20(11)27-9)8-10-5-4-6-12(23)15(10)25/h4-7H,8H2,1-3H3,(H3,26,28,29,30,33). The number of nitrogens with one attached hydrogen (secondary N) is 1. The molecule has 0 atom stereocenters. The van der Waals surface area contributed by atoms with E-state index in [1.54, 1.807) is 13.8 Å². The van der Waals surface area contributed by atoms with Gasteiger partial charge in [0, 0.05) is 5.56 Å². The van der Waals surface area contributed by atoms with Crippen molar-refractivity contribution in [2.24, 2.45) is 0 Å². The highest BCUT2D eigenvalue weighted by Gasteiger charge is 2.42. The van der Waals surface area contributed by atoms with Crippen molar-refractivity contribution in [2.75, 3.05) is 11.1 Å². The Bertz CT molecular complexity index is 1480. The molecule has 11 heteroatoms. The lowest BCUT2D eigenvalue weighted by molar-refractivity contribution is -0.119. The molecule has 0 fully saturated rings. The Morgan fingerprint density at radius 2 is 1.88 bits per heavy atom. The van der Waals surface area contributed by atoms with Gasteiger partial charge in [-0.15, -0.1) is 0 Å². The van der Waals surface area contributed by atoms with Crippen LogP contribution in [0.3, 0.4) is 0 Å². The summed E-state index contributed by atoms with van der Waals surface area (Å²) in [6.45, 7) is 4.72. The number of benzene rings is 1. The van der Waals surface area contributed by atoms with Gasteiger partial charge in [0.05, 0.1) is 28.6 Å². The molecule has 33 heavy (non-hydrogen) atoms. The monoisotopic (exact) mass is 453 g/mol. The zero-order valence-electron chi connectivity index (χ0n) is 17.9. The van der Waals surface area contributed by atoms with Crippen LogP contribution in [-0.2, 0) is 16.8 Å². The average molecular weight is 453 g/mol. The minimum atomic E-state index is -1.01. The number of amides is 1. The quantitative estimate of drug-likeness (QED) is 0.491. The number of nitrogens with zero attached hydrogens (tertiary/aromatic N) is 5. The van der Waals surface area contributed by atoms with Crippen LogP contribution in [0.25, 0.3) is 22.6 Å². The first-order valence-electron chi connectivity index (χ1n) is 10.0. The van der Waals surface area contributed by atoms with Gasteiger partial charge >= 0.3 is 0 Å². The zero-order chi connectivity index (χ0) is 23.7. The third-order valence-corrected chi connectivity index (χ3v) is 5.78. The highest BCUT2D eigenvalue weighted by Crippen LogP contribution is 2.40. The minimum Gasteiger partial charge on any atom is -0.383 e. The fourth-order valence-electron chi connectivity index (χ4n) is 3.94. The maximum atomic E-state index is 14.4. The molecule has 5 rings (SSSR count). The van der Waals surface area contributed by atoms with Gasteiger partial charge in [0.25, 0.3) is 0 Å². The van der Waals surface area contributed by atoms with Gasteiger partial charge in [-0.3, -0.25) is 4.79 Å². The van der Waals surface area contributed by atoms with Crippen LogP contribution in [0.2, 0.25) is 0 Å². The van der Waals surface area contributed by atoms with E-state index in [0.29, 0.717) is 5.56 Å². The van der Waals surface area contributed by atoms with E-state index < -0.39 is 22.9 Å². The number of rotatable bonds is 3. The van der Waals surface area contributed by atoms with Gasteiger partial charge in [-0.05, 0) is 32.9 Å². The SMILES string of the molecule is Cc1nc2c(cc1F)c(-c1nc(N)c3c(n1)NC(=O)C3(C)C)nn2Cc1cccc(F)c1F. The topological polar surface area (TPSA) is 112 Å². The maximum absolute atomic E-state index is 14.4. The van der Waals surface area contributed by atoms with Crippen molar-refractivity contribution >= 4 is 28.6 Å². The second kappa shape index (κ2) is 6.99. The number of nitrogens with two attached hydrogens (primary N) is 1. The lowest BCUT2D eigenvalue weighted by atomic mass is 9.87. The van der Waals surface area contributed by atoms with E-state index in [0.717, 1.165) is 6.07 Å². The molecule has 1 aliphatic heterocycles. The summed E-state index contributed by atoms with van der Waals surface area (Å²) in [4.78, 5) is 25.3. The molecule has 0 saturated carbocycles. The van der Waals surface area contributed by atoms with Gasteiger partial charge < -0.3 is 11.1 Å². The van der Waals surface area contributed by atoms with Gasteiger partial charge in [0.1, 0.15) is 23.1 Å². The number of hydrogen-bond acceptors (Lipinski definition) is 6. The second-order valence-electron chi connectivity index (χ2n) is 8.38. The number of pyridine rings is 1. The molecule has 168 valence electrons. The molecule has 1 amide bonds. The fraction of sp³-hybridized carbons (Fsp3) is 0.227. The molecule has 0 radical (unpaired) electrons. The second-order valence-corrected chi connectivity index (χ2v) is 8.38. The van der Waals surface area contributed by atoms with Crippen LogP contribution in [0, 0.1) is 24.4 Å². The predicted octanol–water partition coefficient (Wildman–Crippen LogP) is 3.47. The molecule has 3 aromatic heterocycles. The van der Waals surface area contributed by atoms with Crippen molar-refractivity contribution in [3.63, 3.8) is 0 Å². The summed E-state index contributed by atoms with van der Waals surface area (Å²) >= 11 is 0. The lowest BCUT2D eigenvalue weighted by Gasteiger charge is -2.15. The normalized spacial score (nSPS) is 14.5. The molecule has 0 bridgehead atoms. The first kappa shape index (κ1) is 20.9. The Balaban J connectivity index is 1.71. The molecule has 0 unspecified atom stereocenters. The number of carbonyl (C=O) groups excluding carboxylic acids is 1. The number of aryl methyl sites for hydroxylation is 1. The summed E-state index contributed by atoms with van der Waals surface area (Å²) in [7, 11) is 0. The van der Waals surface area contributed by atoms with Crippen molar-refractivity contribution in [1.82, 2.24) is 24.7 Å². The first-order valence-corrected chi connectivity index (χ1v) is 10.0.